The second kappa shape index (κ2) is 10.7. The van der Waals surface area contributed by atoms with E-state index in [-0.39, 0.29) is 5.91 Å². The molecule has 1 aromatic carbocycles. The molecule has 0 spiro atoms. The molecule has 1 amide bonds. The fraction of sp³-hybridized carbons (Fsp3) is 0.455. The van der Waals surface area contributed by atoms with Crippen LogP contribution in [0.15, 0.2) is 48.7 Å². The second-order valence-corrected chi connectivity index (χ2v) is 6.81. The van der Waals surface area contributed by atoms with E-state index in [1.807, 2.05) is 60.5 Å². The number of aromatic nitrogens is 1. The molecule has 1 aliphatic rings. The Morgan fingerprint density at radius 3 is 2.39 bits per heavy atom. The predicted molar refractivity (Wildman–Crippen MR) is 108 cm³/mol. The first kappa shape index (κ1) is 20.1. The molecule has 6 heteroatoms. The number of pyridine rings is 1. The van der Waals surface area contributed by atoms with Crippen LogP contribution in [0.1, 0.15) is 25.5 Å². The van der Waals surface area contributed by atoms with Gasteiger partial charge in [0.1, 0.15) is 0 Å². The Morgan fingerprint density at radius 1 is 1.00 bits per heavy atom. The lowest BCUT2D eigenvalue weighted by Gasteiger charge is -2.34. The monoisotopic (exact) mass is 383 g/mol. The van der Waals surface area contributed by atoms with Crippen LogP contribution >= 0.6 is 0 Å². The number of benzene rings is 1. The zero-order valence-corrected chi connectivity index (χ0v) is 16.5. The molecule has 3 rings (SSSR count). The minimum Gasteiger partial charge on any atom is -0.490 e. The predicted octanol–water partition coefficient (Wildman–Crippen LogP) is 2.98. The van der Waals surface area contributed by atoms with Crippen molar-refractivity contribution in [2.75, 3.05) is 39.4 Å². The number of piperazine rings is 1. The van der Waals surface area contributed by atoms with E-state index in [0.29, 0.717) is 26.1 Å². The van der Waals surface area contributed by atoms with Crippen LogP contribution in [0.3, 0.4) is 0 Å². The Morgan fingerprint density at radius 2 is 1.71 bits per heavy atom. The number of nitrogens with zero attached hydrogens (tertiary/aromatic N) is 3. The summed E-state index contributed by atoms with van der Waals surface area (Å²) >= 11 is 0. The maximum atomic E-state index is 12.5. The zero-order chi connectivity index (χ0) is 19.6. The smallest absolute Gasteiger partial charge is 0.222 e. The average Bonchev–Trinajstić information content (AvgIpc) is 2.73. The Balaban J connectivity index is 1.35. The van der Waals surface area contributed by atoms with E-state index in [9.17, 15) is 4.79 Å². The molecular formula is C22H29N3O3. The normalized spacial score (nSPS) is 14.7. The van der Waals surface area contributed by atoms with E-state index < -0.39 is 0 Å². The van der Waals surface area contributed by atoms with E-state index in [0.717, 1.165) is 49.9 Å². The number of rotatable bonds is 9. The molecule has 1 saturated heterocycles. The highest BCUT2D eigenvalue weighted by molar-refractivity contribution is 5.76. The molecule has 0 aliphatic carbocycles. The first-order valence-electron chi connectivity index (χ1n) is 10.0. The largest absolute Gasteiger partial charge is 0.490 e. The van der Waals surface area contributed by atoms with Crippen molar-refractivity contribution < 1.29 is 14.3 Å². The van der Waals surface area contributed by atoms with Gasteiger partial charge >= 0.3 is 0 Å². The Kier molecular flexibility index (Phi) is 7.67. The number of carbonyl (C=O) groups excluding carboxylic acids is 1. The number of hydrogen-bond donors (Lipinski definition) is 0. The molecule has 150 valence electrons. The zero-order valence-electron chi connectivity index (χ0n) is 16.5. The first-order chi connectivity index (χ1) is 13.8. The molecule has 0 bridgehead atoms. The summed E-state index contributed by atoms with van der Waals surface area (Å²) in [5.41, 5.74) is 1.08. The van der Waals surface area contributed by atoms with Gasteiger partial charge in [0.05, 0.1) is 18.9 Å². The van der Waals surface area contributed by atoms with Gasteiger partial charge in [-0.05, 0) is 37.6 Å². The molecule has 0 unspecified atom stereocenters. The number of carbonyl (C=O) groups is 1. The summed E-state index contributed by atoms with van der Waals surface area (Å²) in [6.07, 6.45) is 3.04. The lowest BCUT2D eigenvalue weighted by Crippen LogP contribution is -2.48. The van der Waals surface area contributed by atoms with Crippen molar-refractivity contribution in [2.45, 2.75) is 26.3 Å². The molecule has 2 aromatic rings. The lowest BCUT2D eigenvalue weighted by atomic mass is 10.2. The van der Waals surface area contributed by atoms with Gasteiger partial charge in [0, 0.05) is 45.3 Å². The molecule has 6 nitrogen and oxygen atoms in total. The number of amides is 1. The molecule has 0 saturated carbocycles. The van der Waals surface area contributed by atoms with Crippen LogP contribution in [0.25, 0.3) is 0 Å². The third-order valence-corrected chi connectivity index (χ3v) is 4.78. The van der Waals surface area contributed by atoms with Gasteiger partial charge in [-0.1, -0.05) is 18.2 Å². The SMILES string of the molecule is CCOc1ccccc1OCCCC(=O)N1CCN(Cc2ccccn2)CC1. The van der Waals surface area contributed by atoms with Gasteiger partial charge in [0.25, 0.3) is 0 Å². The highest BCUT2D eigenvalue weighted by atomic mass is 16.5. The number of ether oxygens (including phenoxy) is 2. The van der Waals surface area contributed by atoms with Gasteiger partial charge in [0.15, 0.2) is 11.5 Å². The first-order valence-corrected chi connectivity index (χ1v) is 10.0. The van der Waals surface area contributed by atoms with Crippen LogP contribution < -0.4 is 9.47 Å². The quantitative estimate of drug-likeness (QED) is 0.623. The lowest BCUT2D eigenvalue weighted by molar-refractivity contribution is -0.133. The highest BCUT2D eigenvalue weighted by Crippen LogP contribution is 2.26. The van der Waals surface area contributed by atoms with Gasteiger partial charge in [-0.3, -0.25) is 14.7 Å². The van der Waals surface area contributed by atoms with E-state index in [1.54, 1.807) is 0 Å². The molecule has 2 heterocycles. The average molecular weight is 383 g/mol. The van der Waals surface area contributed by atoms with Crippen LogP contribution in [0.4, 0.5) is 0 Å². The summed E-state index contributed by atoms with van der Waals surface area (Å²) in [6.45, 7) is 7.24. The van der Waals surface area contributed by atoms with Crippen molar-refractivity contribution in [3.05, 3.63) is 54.4 Å². The van der Waals surface area contributed by atoms with Crippen molar-refractivity contribution in [1.82, 2.24) is 14.8 Å². The summed E-state index contributed by atoms with van der Waals surface area (Å²) in [6, 6.07) is 13.6. The molecule has 1 aliphatic heterocycles. The van der Waals surface area contributed by atoms with E-state index >= 15 is 0 Å². The Bertz CT molecular complexity index is 731. The molecule has 0 radical (unpaired) electrons. The van der Waals surface area contributed by atoms with Gasteiger partial charge < -0.3 is 14.4 Å². The summed E-state index contributed by atoms with van der Waals surface area (Å²) < 4.78 is 11.4. The summed E-state index contributed by atoms with van der Waals surface area (Å²) in [4.78, 5) is 21.1. The van der Waals surface area contributed by atoms with Crippen LogP contribution in [0, 0.1) is 0 Å². The van der Waals surface area contributed by atoms with Crippen molar-refractivity contribution in [3.8, 4) is 11.5 Å². The van der Waals surface area contributed by atoms with Crippen molar-refractivity contribution in [3.63, 3.8) is 0 Å². The third-order valence-electron chi connectivity index (χ3n) is 4.78. The van der Waals surface area contributed by atoms with E-state index in [4.69, 9.17) is 9.47 Å². The Labute approximate surface area is 167 Å². The van der Waals surface area contributed by atoms with Crippen LogP contribution in [-0.2, 0) is 11.3 Å². The minimum atomic E-state index is 0.208. The molecule has 0 atom stereocenters. The fourth-order valence-corrected chi connectivity index (χ4v) is 3.28. The van der Waals surface area contributed by atoms with Crippen molar-refractivity contribution in [2.24, 2.45) is 0 Å². The van der Waals surface area contributed by atoms with Crippen molar-refractivity contribution >= 4 is 5.91 Å². The highest BCUT2D eigenvalue weighted by Gasteiger charge is 2.21. The van der Waals surface area contributed by atoms with Gasteiger partial charge in [-0.2, -0.15) is 0 Å². The van der Waals surface area contributed by atoms with Crippen molar-refractivity contribution in [1.29, 1.82) is 0 Å². The summed E-state index contributed by atoms with van der Waals surface area (Å²) in [5, 5.41) is 0. The minimum absolute atomic E-state index is 0.208. The third kappa shape index (κ3) is 5.96. The van der Waals surface area contributed by atoms with Gasteiger partial charge in [0.2, 0.25) is 5.91 Å². The summed E-state index contributed by atoms with van der Waals surface area (Å²) in [7, 11) is 0. The molecule has 0 N–H and O–H groups in total. The number of hydrogen-bond acceptors (Lipinski definition) is 5. The fourth-order valence-electron chi connectivity index (χ4n) is 3.28. The topological polar surface area (TPSA) is 54.9 Å². The maximum absolute atomic E-state index is 12.5. The molecule has 28 heavy (non-hydrogen) atoms. The number of para-hydroxylation sites is 2. The summed E-state index contributed by atoms with van der Waals surface area (Å²) in [5.74, 6) is 1.69. The molecule has 1 fully saturated rings. The van der Waals surface area contributed by atoms with Gasteiger partial charge in [-0.15, -0.1) is 0 Å². The standard InChI is InChI=1S/C22H29N3O3/c1-2-27-20-9-3-4-10-21(20)28-17-7-11-22(26)25-15-13-24(14-16-25)18-19-8-5-6-12-23-19/h3-6,8-10,12H,2,7,11,13-18H2,1H3. The second-order valence-electron chi connectivity index (χ2n) is 6.81. The van der Waals surface area contributed by atoms with Crippen LogP contribution in [-0.4, -0.2) is 60.1 Å². The van der Waals surface area contributed by atoms with E-state index in [1.165, 1.54) is 0 Å². The van der Waals surface area contributed by atoms with Gasteiger partial charge in [-0.25, -0.2) is 0 Å². The maximum Gasteiger partial charge on any atom is 0.222 e. The molecular weight excluding hydrogens is 354 g/mol. The Hall–Kier alpha value is -2.60. The molecule has 1 aromatic heterocycles. The van der Waals surface area contributed by atoms with Crippen LogP contribution in [0.5, 0.6) is 11.5 Å². The van der Waals surface area contributed by atoms with Crippen LogP contribution in [0.2, 0.25) is 0 Å². The van der Waals surface area contributed by atoms with E-state index in [2.05, 4.69) is 9.88 Å².